The third-order valence-corrected chi connectivity index (χ3v) is 5.58. The highest BCUT2D eigenvalue weighted by Crippen LogP contribution is 2.38. The van der Waals surface area contributed by atoms with E-state index in [9.17, 15) is 0 Å². The Hall–Kier alpha value is -2.32. The van der Waals surface area contributed by atoms with Gasteiger partial charge in [0.05, 0.1) is 12.4 Å². The van der Waals surface area contributed by atoms with E-state index in [1.54, 1.807) is 11.0 Å². The molecule has 3 aromatic rings. The molecule has 0 aliphatic heterocycles. The van der Waals surface area contributed by atoms with Gasteiger partial charge in [0.1, 0.15) is 18.5 Å². The molecule has 0 amide bonds. The van der Waals surface area contributed by atoms with E-state index in [1.807, 2.05) is 11.7 Å². The molecule has 1 atom stereocenters. The van der Waals surface area contributed by atoms with E-state index in [1.165, 1.54) is 24.7 Å². The van der Waals surface area contributed by atoms with Crippen molar-refractivity contribution in [3.63, 3.8) is 0 Å². The van der Waals surface area contributed by atoms with Crippen LogP contribution in [0.1, 0.15) is 43.1 Å². The Morgan fingerprint density at radius 1 is 1.27 bits per heavy atom. The molecule has 0 spiro atoms. The lowest BCUT2D eigenvalue weighted by molar-refractivity contribution is 0.194. The van der Waals surface area contributed by atoms with E-state index in [-0.39, 0.29) is 6.04 Å². The highest BCUT2D eigenvalue weighted by atomic mass is 32.1. The van der Waals surface area contributed by atoms with Crippen molar-refractivity contribution in [1.82, 2.24) is 34.0 Å². The quantitative estimate of drug-likeness (QED) is 0.625. The Kier molecular flexibility index (Phi) is 4.46. The first-order valence-electron chi connectivity index (χ1n) is 8.83. The molecule has 8 heteroatoms. The average molecular weight is 369 g/mol. The van der Waals surface area contributed by atoms with Gasteiger partial charge in [-0.05, 0) is 56.7 Å². The van der Waals surface area contributed by atoms with Crippen molar-refractivity contribution in [2.75, 3.05) is 7.05 Å². The van der Waals surface area contributed by atoms with Crippen molar-refractivity contribution in [2.45, 2.75) is 38.4 Å². The first-order valence-corrected chi connectivity index (χ1v) is 9.24. The Labute approximate surface area is 157 Å². The summed E-state index contributed by atoms with van der Waals surface area (Å²) in [6.45, 7) is 2.87. The molecule has 1 aliphatic carbocycles. The molecular weight excluding hydrogens is 346 g/mol. The lowest BCUT2D eigenvalue weighted by Gasteiger charge is -2.25. The highest BCUT2D eigenvalue weighted by Gasteiger charge is 2.29. The Balaban J connectivity index is 1.48. The minimum absolute atomic E-state index is 0.244. The van der Waals surface area contributed by atoms with Crippen LogP contribution in [-0.4, -0.2) is 41.1 Å². The summed E-state index contributed by atoms with van der Waals surface area (Å²) in [6.07, 6.45) is 5.69. The molecule has 1 aliphatic rings. The molecule has 1 aromatic carbocycles. The topological polar surface area (TPSA) is 56.7 Å². The van der Waals surface area contributed by atoms with Crippen molar-refractivity contribution in [2.24, 2.45) is 7.05 Å². The van der Waals surface area contributed by atoms with Gasteiger partial charge in [-0.25, -0.2) is 14.3 Å². The number of hydrogen-bond donors (Lipinski definition) is 0. The number of benzene rings is 1. The van der Waals surface area contributed by atoms with Gasteiger partial charge >= 0.3 is 0 Å². The van der Waals surface area contributed by atoms with E-state index in [2.05, 4.69) is 57.8 Å². The predicted molar refractivity (Wildman–Crippen MR) is 102 cm³/mol. The molecule has 0 saturated heterocycles. The maximum absolute atomic E-state index is 5.57. The molecule has 1 saturated carbocycles. The van der Waals surface area contributed by atoms with Crippen LogP contribution in [-0.2, 0) is 13.7 Å². The molecule has 26 heavy (non-hydrogen) atoms. The molecule has 0 bridgehead atoms. The minimum Gasteiger partial charge on any atom is -0.307 e. The van der Waals surface area contributed by atoms with Crippen LogP contribution in [0.3, 0.4) is 0 Å². The zero-order valence-electron chi connectivity index (χ0n) is 15.3. The summed E-state index contributed by atoms with van der Waals surface area (Å²) in [5.41, 5.74) is 2.24. The number of aromatic nitrogens is 6. The van der Waals surface area contributed by atoms with Gasteiger partial charge in [-0.2, -0.15) is 10.2 Å². The summed E-state index contributed by atoms with van der Waals surface area (Å²) in [5, 5.41) is 8.91. The third-order valence-electron chi connectivity index (χ3n) is 5.09. The Morgan fingerprint density at radius 2 is 2.00 bits per heavy atom. The van der Waals surface area contributed by atoms with E-state index in [4.69, 9.17) is 17.3 Å². The summed E-state index contributed by atoms with van der Waals surface area (Å²) in [7, 11) is 4.12. The van der Waals surface area contributed by atoms with Crippen LogP contribution in [0.5, 0.6) is 0 Å². The van der Waals surface area contributed by atoms with Gasteiger partial charge in [0.25, 0.3) is 0 Å². The van der Waals surface area contributed by atoms with Gasteiger partial charge in [-0.1, -0.05) is 12.1 Å². The Morgan fingerprint density at radius 3 is 2.62 bits per heavy atom. The van der Waals surface area contributed by atoms with Gasteiger partial charge in [-0.3, -0.25) is 4.90 Å². The minimum atomic E-state index is 0.244. The number of hydrogen-bond acceptors (Lipinski definition) is 5. The van der Waals surface area contributed by atoms with Crippen molar-refractivity contribution in [3.05, 3.63) is 53.1 Å². The van der Waals surface area contributed by atoms with Crippen molar-refractivity contribution >= 4 is 12.2 Å². The molecule has 2 heterocycles. The van der Waals surface area contributed by atoms with E-state index >= 15 is 0 Å². The molecule has 2 aromatic heterocycles. The molecule has 4 rings (SSSR count). The van der Waals surface area contributed by atoms with Crippen LogP contribution >= 0.6 is 12.2 Å². The highest BCUT2D eigenvalue weighted by molar-refractivity contribution is 7.71. The summed E-state index contributed by atoms with van der Waals surface area (Å²) in [6, 6.07) is 8.63. The zero-order chi connectivity index (χ0) is 18.3. The largest absolute Gasteiger partial charge is 0.307 e. The van der Waals surface area contributed by atoms with Crippen LogP contribution in [0.25, 0.3) is 5.69 Å². The number of rotatable bonds is 6. The maximum atomic E-state index is 5.57. The fourth-order valence-corrected chi connectivity index (χ4v) is 3.32. The zero-order valence-corrected chi connectivity index (χ0v) is 16.1. The average Bonchev–Trinajstić information content (AvgIpc) is 3.27. The second kappa shape index (κ2) is 6.77. The van der Waals surface area contributed by atoms with Gasteiger partial charge in [0.2, 0.25) is 0 Å². The summed E-state index contributed by atoms with van der Waals surface area (Å²) in [4.78, 5) is 6.24. The molecule has 7 nitrogen and oxygen atoms in total. The molecule has 136 valence electrons. The van der Waals surface area contributed by atoms with E-state index < -0.39 is 0 Å². The first-order chi connectivity index (χ1) is 12.5. The molecule has 0 N–H and O–H groups in total. The summed E-state index contributed by atoms with van der Waals surface area (Å²) < 4.78 is 6.53. The van der Waals surface area contributed by atoms with Gasteiger partial charge in [0.15, 0.2) is 4.77 Å². The summed E-state index contributed by atoms with van der Waals surface area (Å²) in [5.74, 6) is 1.71. The predicted octanol–water partition coefficient (Wildman–Crippen LogP) is 3.06. The molecule has 0 radical (unpaired) electrons. The van der Waals surface area contributed by atoms with E-state index in [0.29, 0.717) is 12.6 Å². The normalized spacial score (nSPS) is 15.5. The lowest BCUT2D eigenvalue weighted by atomic mass is 10.1. The second-order valence-electron chi connectivity index (χ2n) is 6.98. The number of nitrogens with zero attached hydrogens (tertiary/aromatic N) is 7. The van der Waals surface area contributed by atoms with E-state index in [0.717, 1.165) is 16.3 Å². The van der Waals surface area contributed by atoms with Crippen LogP contribution in [0.4, 0.5) is 0 Å². The lowest BCUT2D eigenvalue weighted by Crippen LogP contribution is -2.26. The third kappa shape index (κ3) is 3.22. The van der Waals surface area contributed by atoms with Gasteiger partial charge in [0, 0.05) is 19.0 Å². The fraction of sp³-hybridized carbons (Fsp3) is 0.444. The molecule has 1 fully saturated rings. The standard InChI is InChI=1S/C18H23N7S/c1-13(14-6-8-16(9-7-14)24-11-19-10-20-24)22(2)12-25-18(26)23(3)17(21-25)15-4-5-15/h6-11,13,15H,4-5,12H2,1-3H3/t13-/m0/s1. The SMILES string of the molecule is C[C@@H](c1ccc(-n2cncn2)cc1)N(C)Cn1nc(C2CC2)n(C)c1=S. The van der Waals surface area contributed by atoms with Crippen LogP contribution in [0.15, 0.2) is 36.9 Å². The Bertz CT molecular complexity index is 935. The maximum Gasteiger partial charge on any atom is 0.198 e. The summed E-state index contributed by atoms with van der Waals surface area (Å²) >= 11 is 5.57. The van der Waals surface area contributed by atoms with Crippen LogP contribution in [0.2, 0.25) is 0 Å². The van der Waals surface area contributed by atoms with Crippen LogP contribution < -0.4 is 0 Å². The van der Waals surface area contributed by atoms with Crippen molar-refractivity contribution in [3.8, 4) is 5.69 Å². The van der Waals surface area contributed by atoms with Crippen molar-refractivity contribution in [1.29, 1.82) is 0 Å². The van der Waals surface area contributed by atoms with Gasteiger partial charge < -0.3 is 4.57 Å². The second-order valence-corrected chi connectivity index (χ2v) is 7.34. The first kappa shape index (κ1) is 17.1. The molecule has 0 unspecified atom stereocenters. The fourth-order valence-electron chi connectivity index (χ4n) is 3.13. The monoisotopic (exact) mass is 369 g/mol. The van der Waals surface area contributed by atoms with Gasteiger partial charge in [-0.15, -0.1) is 0 Å². The van der Waals surface area contributed by atoms with Crippen LogP contribution in [0, 0.1) is 4.77 Å². The molecular formula is C18H23N7S. The van der Waals surface area contributed by atoms with Crippen molar-refractivity contribution < 1.29 is 0 Å². The smallest absolute Gasteiger partial charge is 0.198 e.